The maximum absolute atomic E-state index is 9.16. The van der Waals surface area contributed by atoms with E-state index in [1.807, 2.05) is 0 Å². The van der Waals surface area contributed by atoms with E-state index in [0.29, 0.717) is 12.6 Å². The number of hydrogen-bond donors (Lipinski definition) is 2. The Morgan fingerprint density at radius 2 is 2.28 bits per heavy atom. The number of rotatable bonds is 7. The molecule has 1 aliphatic carbocycles. The van der Waals surface area contributed by atoms with Crippen LogP contribution in [0.1, 0.15) is 26.2 Å². The number of halogens is 1. The summed E-state index contributed by atoms with van der Waals surface area (Å²) in [5, 5.41) is 12.4. The van der Waals surface area contributed by atoms with Crippen molar-refractivity contribution >= 4 is 27.6 Å². The summed E-state index contributed by atoms with van der Waals surface area (Å²) in [6.45, 7) is 3.77. The van der Waals surface area contributed by atoms with Crippen molar-refractivity contribution in [3.63, 3.8) is 0 Å². The highest BCUT2D eigenvalue weighted by Crippen LogP contribution is 2.36. The highest BCUT2D eigenvalue weighted by molar-refractivity contribution is 9.10. The Morgan fingerprint density at radius 3 is 2.89 bits per heavy atom. The second-order valence-electron chi connectivity index (χ2n) is 4.43. The topological polar surface area (TPSA) is 61.3 Å². The van der Waals surface area contributed by atoms with Gasteiger partial charge in [0.2, 0.25) is 0 Å². The predicted octanol–water partition coefficient (Wildman–Crippen LogP) is 2.02. The number of nitrogens with one attached hydrogen (secondary N) is 1. The van der Waals surface area contributed by atoms with Gasteiger partial charge in [-0.15, -0.1) is 0 Å². The molecule has 0 radical (unpaired) electrons. The summed E-state index contributed by atoms with van der Waals surface area (Å²) in [6, 6.07) is 0.516. The summed E-state index contributed by atoms with van der Waals surface area (Å²) in [6.07, 6.45) is 4.97. The Kier molecular flexibility index (Phi) is 4.77. The molecule has 1 aromatic heterocycles. The molecule has 0 unspecified atom stereocenters. The van der Waals surface area contributed by atoms with E-state index in [4.69, 9.17) is 5.11 Å². The maximum atomic E-state index is 9.16. The fraction of sp³-hybridized carbons (Fsp3) is 0.667. The van der Waals surface area contributed by atoms with E-state index in [1.165, 1.54) is 12.8 Å². The van der Waals surface area contributed by atoms with Crippen LogP contribution >= 0.6 is 15.9 Å². The molecule has 1 fully saturated rings. The van der Waals surface area contributed by atoms with Gasteiger partial charge in [0.25, 0.3) is 0 Å². The first-order chi connectivity index (χ1) is 8.77. The average Bonchev–Trinajstić information content (AvgIpc) is 3.19. The zero-order chi connectivity index (χ0) is 13.0. The predicted molar refractivity (Wildman–Crippen MR) is 76.0 cm³/mol. The fourth-order valence-corrected chi connectivity index (χ4v) is 2.46. The summed E-state index contributed by atoms with van der Waals surface area (Å²) < 4.78 is 0.888. The van der Waals surface area contributed by atoms with Crippen molar-refractivity contribution in [2.45, 2.75) is 32.2 Å². The van der Waals surface area contributed by atoms with E-state index in [0.717, 1.165) is 29.1 Å². The van der Waals surface area contributed by atoms with Crippen molar-refractivity contribution in [1.29, 1.82) is 0 Å². The number of aliphatic hydroxyl groups is 1. The standard InChI is InChI=1S/C12H19BrN4O/c1-2-5-14-11-10(13)12(16-8-15-11)17(6-7-18)9-3-4-9/h8-9,18H,2-7H2,1H3,(H,14,15,16). The second kappa shape index (κ2) is 6.33. The van der Waals surface area contributed by atoms with E-state index in [9.17, 15) is 0 Å². The first kappa shape index (κ1) is 13.5. The van der Waals surface area contributed by atoms with Gasteiger partial charge in [-0.25, -0.2) is 9.97 Å². The monoisotopic (exact) mass is 314 g/mol. The van der Waals surface area contributed by atoms with Crippen molar-refractivity contribution in [2.24, 2.45) is 0 Å². The Morgan fingerprint density at radius 1 is 1.50 bits per heavy atom. The van der Waals surface area contributed by atoms with Gasteiger partial charge < -0.3 is 15.3 Å². The lowest BCUT2D eigenvalue weighted by molar-refractivity contribution is 0.301. The smallest absolute Gasteiger partial charge is 0.148 e. The van der Waals surface area contributed by atoms with E-state index in [1.54, 1.807) is 6.33 Å². The number of anilines is 2. The molecule has 1 heterocycles. The maximum Gasteiger partial charge on any atom is 0.148 e. The number of aliphatic hydroxyl groups excluding tert-OH is 1. The summed E-state index contributed by atoms with van der Waals surface area (Å²) in [5.74, 6) is 1.70. The molecule has 6 heteroatoms. The van der Waals surface area contributed by atoms with Crippen molar-refractivity contribution in [2.75, 3.05) is 29.9 Å². The first-order valence-electron chi connectivity index (χ1n) is 6.39. The van der Waals surface area contributed by atoms with Crippen LogP contribution in [0.4, 0.5) is 11.6 Å². The molecule has 0 amide bonds. The van der Waals surface area contributed by atoms with E-state index < -0.39 is 0 Å². The van der Waals surface area contributed by atoms with Gasteiger partial charge in [-0.2, -0.15) is 0 Å². The van der Waals surface area contributed by atoms with Crippen LogP contribution < -0.4 is 10.2 Å². The first-order valence-corrected chi connectivity index (χ1v) is 7.19. The Bertz CT molecular complexity index is 398. The average molecular weight is 315 g/mol. The van der Waals surface area contributed by atoms with E-state index in [-0.39, 0.29) is 6.61 Å². The molecular weight excluding hydrogens is 296 g/mol. The lowest BCUT2D eigenvalue weighted by Gasteiger charge is -2.24. The summed E-state index contributed by atoms with van der Waals surface area (Å²) >= 11 is 3.57. The second-order valence-corrected chi connectivity index (χ2v) is 5.23. The molecule has 1 aliphatic rings. The molecule has 18 heavy (non-hydrogen) atoms. The van der Waals surface area contributed by atoms with Crippen molar-refractivity contribution < 1.29 is 5.11 Å². The van der Waals surface area contributed by atoms with Crippen LogP contribution in [0, 0.1) is 0 Å². The van der Waals surface area contributed by atoms with Gasteiger partial charge in [0, 0.05) is 19.1 Å². The van der Waals surface area contributed by atoms with Gasteiger partial charge in [0.1, 0.15) is 22.4 Å². The van der Waals surface area contributed by atoms with Crippen LogP contribution in [0.15, 0.2) is 10.8 Å². The van der Waals surface area contributed by atoms with Gasteiger partial charge in [0.15, 0.2) is 0 Å². The highest BCUT2D eigenvalue weighted by Gasteiger charge is 2.31. The van der Waals surface area contributed by atoms with Crippen LogP contribution in [0.25, 0.3) is 0 Å². The van der Waals surface area contributed by atoms with Gasteiger partial charge in [0.05, 0.1) is 6.61 Å². The number of hydrogen-bond acceptors (Lipinski definition) is 5. The molecule has 0 spiro atoms. The molecule has 0 saturated heterocycles. The molecule has 100 valence electrons. The molecule has 0 aliphatic heterocycles. The lowest BCUT2D eigenvalue weighted by atomic mass is 10.4. The zero-order valence-corrected chi connectivity index (χ0v) is 12.2. The third-order valence-electron chi connectivity index (χ3n) is 2.91. The van der Waals surface area contributed by atoms with Gasteiger partial charge in [-0.05, 0) is 35.2 Å². The third-order valence-corrected chi connectivity index (χ3v) is 3.64. The summed E-state index contributed by atoms with van der Waals surface area (Å²) in [5.41, 5.74) is 0. The molecule has 5 nitrogen and oxygen atoms in total. The van der Waals surface area contributed by atoms with Crippen LogP contribution in [-0.2, 0) is 0 Å². The van der Waals surface area contributed by atoms with Crippen molar-refractivity contribution in [3.8, 4) is 0 Å². The largest absolute Gasteiger partial charge is 0.395 e. The minimum atomic E-state index is 0.144. The Balaban J connectivity index is 2.19. The molecular formula is C12H19BrN4O. The van der Waals surface area contributed by atoms with Gasteiger partial charge in [-0.1, -0.05) is 6.92 Å². The van der Waals surface area contributed by atoms with Crippen LogP contribution in [0.3, 0.4) is 0 Å². The summed E-state index contributed by atoms with van der Waals surface area (Å²) in [4.78, 5) is 10.7. The number of aromatic nitrogens is 2. The zero-order valence-electron chi connectivity index (χ0n) is 10.6. The Hall–Kier alpha value is -0.880. The minimum absolute atomic E-state index is 0.144. The van der Waals surface area contributed by atoms with Crippen LogP contribution in [-0.4, -0.2) is 40.8 Å². The molecule has 0 atom stereocenters. The molecule has 2 rings (SSSR count). The molecule has 1 saturated carbocycles. The van der Waals surface area contributed by atoms with E-state index >= 15 is 0 Å². The van der Waals surface area contributed by atoms with Crippen molar-refractivity contribution in [1.82, 2.24) is 9.97 Å². The Labute approximate surface area is 116 Å². The fourth-order valence-electron chi connectivity index (χ4n) is 1.88. The quantitative estimate of drug-likeness (QED) is 0.806. The highest BCUT2D eigenvalue weighted by atomic mass is 79.9. The van der Waals surface area contributed by atoms with Crippen molar-refractivity contribution in [3.05, 3.63) is 10.8 Å². The minimum Gasteiger partial charge on any atom is -0.395 e. The van der Waals surface area contributed by atoms with Crippen LogP contribution in [0.5, 0.6) is 0 Å². The summed E-state index contributed by atoms with van der Waals surface area (Å²) in [7, 11) is 0. The SMILES string of the molecule is CCCNc1ncnc(N(CCO)C2CC2)c1Br. The van der Waals surface area contributed by atoms with E-state index in [2.05, 4.69) is 43.0 Å². The number of nitrogens with zero attached hydrogens (tertiary/aromatic N) is 3. The molecule has 0 aromatic carbocycles. The normalized spacial score (nSPS) is 14.6. The van der Waals surface area contributed by atoms with Crippen LogP contribution in [0.2, 0.25) is 0 Å². The lowest BCUT2D eigenvalue weighted by Crippen LogP contribution is -2.30. The van der Waals surface area contributed by atoms with Gasteiger partial charge >= 0.3 is 0 Å². The molecule has 0 bridgehead atoms. The molecule has 1 aromatic rings. The molecule has 2 N–H and O–H groups in total. The third kappa shape index (κ3) is 3.11. The van der Waals surface area contributed by atoms with Gasteiger partial charge in [-0.3, -0.25) is 0 Å².